The lowest BCUT2D eigenvalue weighted by Gasteiger charge is -2.11. The maximum atomic E-state index is 5.87. The van der Waals surface area contributed by atoms with E-state index in [4.69, 9.17) is 4.74 Å². The van der Waals surface area contributed by atoms with E-state index < -0.39 is 0 Å². The van der Waals surface area contributed by atoms with Gasteiger partial charge in [-0.3, -0.25) is 0 Å². The predicted octanol–water partition coefficient (Wildman–Crippen LogP) is 4.24. The van der Waals surface area contributed by atoms with Crippen LogP contribution in [0.4, 0.5) is 0 Å². The molecule has 2 aromatic heterocycles. The van der Waals surface area contributed by atoms with Crippen LogP contribution in [0.25, 0.3) is 10.9 Å². The fourth-order valence-corrected chi connectivity index (χ4v) is 2.95. The second kappa shape index (κ2) is 5.29. The van der Waals surface area contributed by atoms with Crippen LogP contribution in [0, 0.1) is 6.92 Å². The normalized spacial score (nSPS) is 11.4. The number of thiazole rings is 1. The van der Waals surface area contributed by atoms with Crippen LogP contribution in [-0.4, -0.2) is 15.7 Å². The smallest absolute Gasteiger partial charge is 0.129 e. The van der Waals surface area contributed by atoms with Crippen LogP contribution in [0.1, 0.15) is 24.5 Å². The van der Waals surface area contributed by atoms with Crippen molar-refractivity contribution < 1.29 is 4.74 Å². The molecule has 0 radical (unpaired) electrons. The Bertz CT molecular complexity index is 727. The minimum absolute atomic E-state index is 0.185. The first-order chi connectivity index (χ1) is 9.63. The summed E-state index contributed by atoms with van der Waals surface area (Å²) in [6.07, 6.45) is 2.29. The van der Waals surface area contributed by atoms with E-state index in [2.05, 4.69) is 33.3 Å². The molecule has 0 bridgehead atoms. The van der Waals surface area contributed by atoms with Crippen LogP contribution in [-0.2, 0) is 6.54 Å². The Morgan fingerprint density at radius 1 is 1.30 bits per heavy atom. The van der Waals surface area contributed by atoms with E-state index >= 15 is 0 Å². The third-order valence-corrected chi connectivity index (χ3v) is 3.96. The van der Waals surface area contributed by atoms with Crippen molar-refractivity contribution in [2.75, 3.05) is 0 Å². The van der Waals surface area contributed by atoms with Gasteiger partial charge in [0.2, 0.25) is 0 Å². The second-order valence-corrected chi connectivity index (χ2v) is 6.22. The van der Waals surface area contributed by atoms with Crippen molar-refractivity contribution in [2.45, 2.75) is 33.4 Å². The molecule has 0 aliphatic carbocycles. The van der Waals surface area contributed by atoms with Gasteiger partial charge in [0.25, 0.3) is 0 Å². The molecule has 0 spiro atoms. The van der Waals surface area contributed by atoms with E-state index in [0.29, 0.717) is 0 Å². The van der Waals surface area contributed by atoms with E-state index in [-0.39, 0.29) is 6.10 Å². The number of aromatic nitrogens is 2. The van der Waals surface area contributed by atoms with Crippen LogP contribution in [0.3, 0.4) is 0 Å². The Morgan fingerprint density at radius 3 is 2.85 bits per heavy atom. The highest BCUT2D eigenvalue weighted by Crippen LogP contribution is 2.28. The minimum Gasteiger partial charge on any atom is -0.490 e. The van der Waals surface area contributed by atoms with Gasteiger partial charge in [0.05, 0.1) is 28.9 Å². The van der Waals surface area contributed by atoms with Gasteiger partial charge in [0, 0.05) is 17.0 Å². The number of fused-ring (bicyclic) bond motifs is 1. The molecule has 0 saturated heterocycles. The molecular weight excluding hydrogens is 268 g/mol. The number of hydrogen-bond acceptors (Lipinski definition) is 3. The van der Waals surface area contributed by atoms with Gasteiger partial charge in [0.1, 0.15) is 5.75 Å². The van der Waals surface area contributed by atoms with Gasteiger partial charge in [-0.25, -0.2) is 4.98 Å². The van der Waals surface area contributed by atoms with Crippen molar-refractivity contribution in [3.05, 3.63) is 46.5 Å². The Hall–Kier alpha value is -1.81. The quantitative estimate of drug-likeness (QED) is 0.717. The molecule has 104 valence electrons. The van der Waals surface area contributed by atoms with E-state index in [9.17, 15) is 0 Å². The van der Waals surface area contributed by atoms with E-state index in [1.807, 2.05) is 32.9 Å². The summed E-state index contributed by atoms with van der Waals surface area (Å²) >= 11 is 1.69. The number of rotatable bonds is 4. The summed E-state index contributed by atoms with van der Waals surface area (Å²) in [6, 6.07) is 8.32. The van der Waals surface area contributed by atoms with Crippen molar-refractivity contribution >= 4 is 22.2 Å². The molecule has 1 aromatic carbocycles. The maximum Gasteiger partial charge on any atom is 0.129 e. The van der Waals surface area contributed by atoms with Gasteiger partial charge in [0.15, 0.2) is 0 Å². The molecule has 0 unspecified atom stereocenters. The molecule has 2 heterocycles. The largest absolute Gasteiger partial charge is 0.490 e. The minimum atomic E-state index is 0.185. The van der Waals surface area contributed by atoms with Crippen molar-refractivity contribution in [3.63, 3.8) is 0 Å². The molecule has 0 aliphatic rings. The van der Waals surface area contributed by atoms with Gasteiger partial charge in [-0.15, -0.1) is 11.3 Å². The third-order valence-electron chi connectivity index (χ3n) is 3.14. The van der Waals surface area contributed by atoms with Crippen molar-refractivity contribution in [3.8, 4) is 5.75 Å². The van der Waals surface area contributed by atoms with E-state index in [0.717, 1.165) is 28.4 Å². The van der Waals surface area contributed by atoms with Gasteiger partial charge >= 0.3 is 0 Å². The fraction of sp³-hybridized carbons (Fsp3) is 0.312. The third kappa shape index (κ3) is 2.56. The Balaban J connectivity index is 1.97. The zero-order chi connectivity index (χ0) is 14.1. The summed E-state index contributed by atoms with van der Waals surface area (Å²) < 4.78 is 8.09. The first-order valence-electron chi connectivity index (χ1n) is 6.79. The lowest BCUT2D eigenvalue weighted by molar-refractivity contribution is 0.245. The molecule has 0 N–H and O–H groups in total. The maximum absolute atomic E-state index is 5.87. The van der Waals surface area contributed by atoms with Crippen LogP contribution in [0.5, 0.6) is 5.75 Å². The highest BCUT2D eigenvalue weighted by atomic mass is 32.1. The summed E-state index contributed by atoms with van der Waals surface area (Å²) in [5.74, 6) is 0.950. The molecule has 0 aliphatic heterocycles. The molecule has 0 saturated carbocycles. The summed E-state index contributed by atoms with van der Waals surface area (Å²) in [5.41, 5.74) is 2.30. The van der Waals surface area contributed by atoms with Gasteiger partial charge in [-0.05, 0) is 39.0 Å². The lowest BCUT2D eigenvalue weighted by atomic mass is 10.2. The first-order valence-corrected chi connectivity index (χ1v) is 7.67. The van der Waals surface area contributed by atoms with Crippen LogP contribution >= 0.6 is 11.3 Å². The zero-order valence-electron chi connectivity index (χ0n) is 12.0. The van der Waals surface area contributed by atoms with E-state index in [1.165, 1.54) is 5.52 Å². The molecule has 0 fully saturated rings. The van der Waals surface area contributed by atoms with Gasteiger partial charge in [-0.1, -0.05) is 6.07 Å². The first kappa shape index (κ1) is 13.2. The number of hydrogen-bond donors (Lipinski definition) is 0. The summed E-state index contributed by atoms with van der Waals surface area (Å²) in [6.45, 7) is 6.94. The standard InChI is InChI=1S/C16H18N2OS/c1-11(2)19-16-6-4-5-15-14(16)7-8-18(15)9-13-10-20-12(3)17-13/h4-8,10-11H,9H2,1-3H3. The number of nitrogens with zero attached hydrogens (tertiary/aromatic N) is 2. The summed E-state index contributed by atoms with van der Waals surface area (Å²) in [7, 11) is 0. The molecule has 0 amide bonds. The molecule has 3 aromatic rings. The molecule has 3 rings (SSSR count). The Labute approximate surface area is 122 Å². The lowest BCUT2D eigenvalue weighted by Crippen LogP contribution is -2.05. The van der Waals surface area contributed by atoms with Crippen LogP contribution in [0.15, 0.2) is 35.8 Å². The summed E-state index contributed by atoms with van der Waals surface area (Å²) in [4.78, 5) is 4.53. The van der Waals surface area contributed by atoms with Crippen molar-refractivity contribution in [1.82, 2.24) is 9.55 Å². The highest BCUT2D eigenvalue weighted by Gasteiger charge is 2.09. The molecular formula is C16H18N2OS. The zero-order valence-corrected chi connectivity index (χ0v) is 12.8. The van der Waals surface area contributed by atoms with Crippen molar-refractivity contribution in [1.29, 1.82) is 0 Å². The molecule has 3 nitrogen and oxygen atoms in total. The Kier molecular flexibility index (Phi) is 3.49. The fourth-order valence-electron chi connectivity index (χ4n) is 2.35. The van der Waals surface area contributed by atoms with Crippen LogP contribution < -0.4 is 4.74 Å². The van der Waals surface area contributed by atoms with Crippen molar-refractivity contribution in [2.24, 2.45) is 0 Å². The molecule has 4 heteroatoms. The summed E-state index contributed by atoms with van der Waals surface area (Å²) in [5, 5.41) is 4.39. The molecule has 20 heavy (non-hydrogen) atoms. The van der Waals surface area contributed by atoms with Gasteiger partial charge in [-0.2, -0.15) is 0 Å². The van der Waals surface area contributed by atoms with Crippen LogP contribution in [0.2, 0.25) is 0 Å². The molecule has 0 atom stereocenters. The average molecular weight is 286 g/mol. The highest BCUT2D eigenvalue weighted by molar-refractivity contribution is 7.09. The number of aryl methyl sites for hydroxylation is 1. The van der Waals surface area contributed by atoms with Gasteiger partial charge < -0.3 is 9.30 Å². The van der Waals surface area contributed by atoms with E-state index in [1.54, 1.807) is 11.3 Å². The second-order valence-electron chi connectivity index (χ2n) is 5.16. The SMILES string of the molecule is Cc1nc(Cn2ccc3c(OC(C)C)cccc32)cs1. The number of benzene rings is 1. The Morgan fingerprint density at radius 2 is 2.15 bits per heavy atom. The average Bonchev–Trinajstić information content (AvgIpc) is 2.97. The topological polar surface area (TPSA) is 27.1 Å². The number of ether oxygens (including phenoxy) is 1. The monoisotopic (exact) mass is 286 g/mol. The predicted molar refractivity (Wildman–Crippen MR) is 83.7 cm³/mol.